The van der Waals surface area contributed by atoms with Crippen molar-refractivity contribution in [2.24, 2.45) is 0 Å². The summed E-state index contributed by atoms with van der Waals surface area (Å²) in [6.07, 6.45) is 2.13. The second kappa shape index (κ2) is 7.48. The molecule has 0 aliphatic carbocycles. The number of anilines is 1. The first-order valence-electron chi connectivity index (χ1n) is 8.25. The van der Waals surface area contributed by atoms with Crippen molar-refractivity contribution in [1.82, 2.24) is 14.3 Å². The first-order chi connectivity index (χ1) is 12.4. The molecule has 1 unspecified atom stereocenters. The van der Waals surface area contributed by atoms with Crippen LogP contribution in [0.2, 0.25) is 0 Å². The maximum atomic E-state index is 12.6. The Bertz CT molecular complexity index is 899. The molecule has 1 aliphatic heterocycles. The van der Waals surface area contributed by atoms with Gasteiger partial charge in [0.05, 0.1) is 11.0 Å². The molecule has 138 valence electrons. The van der Waals surface area contributed by atoms with E-state index in [0.717, 1.165) is 0 Å². The van der Waals surface area contributed by atoms with Crippen LogP contribution in [-0.2, 0) is 10.0 Å². The van der Waals surface area contributed by atoms with Gasteiger partial charge in [0.25, 0.3) is 5.91 Å². The van der Waals surface area contributed by atoms with Crippen molar-refractivity contribution in [3.8, 4) is 0 Å². The molecule has 3 rings (SSSR count). The number of β-amino-alcohol motifs (C(OH)–C–C–N with tert-alkyl or cyclic N) is 1. The average molecular weight is 376 g/mol. The highest BCUT2D eigenvalue weighted by Gasteiger charge is 2.29. The quantitative estimate of drug-likeness (QED) is 0.829. The fourth-order valence-corrected chi connectivity index (χ4v) is 4.30. The number of aromatic nitrogens is 2. The Balaban J connectivity index is 1.74. The molecule has 1 aromatic heterocycles. The Labute approximate surface area is 152 Å². The van der Waals surface area contributed by atoms with E-state index in [2.05, 4.69) is 15.3 Å². The number of piperidine rings is 1. The zero-order chi connectivity index (χ0) is 18.7. The van der Waals surface area contributed by atoms with Gasteiger partial charge >= 0.3 is 0 Å². The summed E-state index contributed by atoms with van der Waals surface area (Å²) in [5, 5.41) is 12.3. The number of carbonyl (C=O) groups is 1. The number of sulfonamides is 1. The van der Waals surface area contributed by atoms with E-state index in [1.54, 1.807) is 19.2 Å². The van der Waals surface area contributed by atoms with E-state index in [1.807, 2.05) is 0 Å². The van der Waals surface area contributed by atoms with Crippen LogP contribution in [0.5, 0.6) is 0 Å². The number of amides is 1. The molecule has 2 N–H and O–H groups in total. The highest BCUT2D eigenvalue weighted by atomic mass is 32.2. The van der Waals surface area contributed by atoms with Crippen LogP contribution in [0.1, 0.15) is 29.0 Å². The predicted octanol–water partition coefficient (Wildman–Crippen LogP) is 1.18. The third-order valence-electron chi connectivity index (χ3n) is 4.13. The molecule has 26 heavy (non-hydrogen) atoms. The highest BCUT2D eigenvalue weighted by molar-refractivity contribution is 7.89. The molecule has 1 saturated heterocycles. The second-order valence-electron chi connectivity index (χ2n) is 6.13. The minimum atomic E-state index is -3.68. The van der Waals surface area contributed by atoms with Gasteiger partial charge in [0.2, 0.25) is 10.0 Å². The van der Waals surface area contributed by atoms with Crippen LogP contribution in [0.3, 0.4) is 0 Å². The minimum absolute atomic E-state index is 0.0949. The highest BCUT2D eigenvalue weighted by Crippen LogP contribution is 2.21. The van der Waals surface area contributed by atoms with Gasteiger partial charge in [-0.15, -0.1) is 0 Å². The van der Waals surface area contributed by atoms with Crippen LogP contribution in [-0.4, -0.2) is 52.9 Å². The summed E-state index contributed by atoms with van der Waals surface area (Å²) in [5.41, 5.74) is 0.318. The second-order valence-corrected chi connectivity index (χ2v) is 8.06. The topological polar surface area (TPSA) is 112 Å². The SMILES string of the molecule is Cc1nccc(NC(=O)c2ccc(S(=O)(=O)N3CCCC(O)C3)cc2)n1. The van der Waals surface area contributed by atoms with Gasteiger partial charge in [-0.25, -0.2) is 18.4 Å². The van der Waals surface area contributed by atoms with E-state index in [4.69, 9.17) is 0 Å². The monoisotopic (exact) mass is 376 g/mol. The van der Waals surface area contributed by atoms with Crippen LogP contribution < -0.4 is 5.32 Å². The summed E-state index contributed by atoms with van der Waals surface area (Å²) in [6.45, 7) is 2.19. The van der Waals surface area contributed by atoms with Crippen LogP contribution >= 0.6 is 0 Å². The standard InChI is InChI=1S/C17H20N4O4S/c1-12-18-9-8-16(19-12)20-17(23)13-4-6-15(7-5-13)26(24,25)21-10-2-3-14(22)11-21/h4-9,14,22H,2-3,10-11H2,1H3,(H,18,19,20,23). The first-order valence-corrected chi connectivity index (χ1v) is 9.69. The fourth-order valence-electron chi connectivity index (χ4n) is 2.78. The van der Waals surface area contributed by atoms with E-state index in [-0.39, 0.29) is 17.3 Å². The van der Waals surface area contributed by atoms with Gasteiger partial charge in [0.15, 0.2) is 0 Å². The third kappa shape index (κ3) is 4.06. The van der Waals surface area contributed by atoms with Crippen molar-refractivity contribution in [3.05, 3.63) is 47.9 Å². The summed E-state index contributed by atoms with van der Waals surface area (Å²) in [4.78, 5) is 20.4. The Morgan fingerprint density at radius 2 is 2.00 bits per heavy atom. The van der Waals surface area contributed by atoms with E-state index >= 15 is 0 Å². The maximum Gasteiger partial charge on any atom is 0.256 e. The molecule has 0 radical (unpaired) electrons. The summed E-state index contributed by atoms with van der Waals surface area (Å²) >= 11 is 0. The van der Waals surface area contributed by atoms with Crippen molar-refractivity contribution in [1.29, 1.82) is 0 Å². The number of aliphatic hydroxyl groups excluding tert-OH is 1. The molecule has 1 atom stereocenters. The van der Waals surface area contributed by atoms with Crippen LogP contribution in [0.25, 0.3) is 0 Å². The van der Waals surface area contributed by atoms with Crippen molar-refractivity contribution in [2.75, 3.05) is 18.4 Å². The normalized spacial score (nSPS) is 18.5. The Morgan fingerprint density at radius 1 is 1.27 bits per heavy atom. The smallest absolute Gasteiger partial charge is 0.256 e. The number of nitrogens with one attached hydrogen (secondary N) is 1. The zero-order valence-electron chi connectivity index (χ0n) is 14.3. The van der Waals surface area contributed by atoms with E-state index in [0.29, 0.717) is 36.6 Å². The van der Waals surface area contributed by atoms with Gasteiger partial charge in [0, 0.05) is 24.8 Å². The van der Waals surface area contributed by atoms with Crippen molar-refractivity contribution in [3.63, 3.8) is 0 Å². The number of hydrogen-bond donors (Lipinski definition) is 2. The number of aliphatic hydroxyl groups is 1. The zero-order valence-corrected chi connectivity index (χ0v) is 15.1. The molecule has 2 aromatic rings. The molecule has 1 amide bonds. The molecule has 0 spiro atoms. The molecule has 1 aliphatic rings. The molecule has 8 nitrogen and oxygen atoms in total. The van der Waals surface area contributed by atoms with Crippen LogP contribution in [0.4, 0.5) is 5.82 Å². The number of rotatable bonds is 4. The number of benzene rings is 1. The van der Waals surface area contributed by atoms with Gasteiger partial charge in [0.1, 0.15) is 11.6 Å². The minimum Gasteiger partial charge on any atom is -0.392 e. The van der Waals surface area contributed by atoms with E-state index in [9.17, 15) is 18.3 Å². The van der Waals surface area contributed by atoms with Gasteiger partial charge in [-0.1, -0.05) is 0 Å². The van der Waals surface area contributed by atoms with Gasteiger partial charge < -0.3 is 10.4 Å². The number of carbonyl (C=O) groups excluding carboxylic acids is 1. The molecule has 0 bridgehead atoms. The van der Waals surface area contributed by atoms with Gasteiger partial charge in [-0.3, -0.25) is 4.79 Å². The first kappa shape index (κ1) is 18.4. The van der Waals surface area contributed by atoms with Gasteiger partial charge in [-0.2, -0.15) is 4.31 Å². The lowest BCUT2D eigenvalue weighted by Gasteiger charge is -2.29. The van der Waals surface area contributed by atoms with Gasteiger partial charge in [-0.05, 0) is 50.1 Å². The Hall–Kier alpha value is -2.36. The predicted molar refractivity (Wildman–Crippen MR) is 95.2 cm³/mol. The molecule has 2 heterocycles. The Morgan fingerprint density at radius 3 is 2.65 bits per heavy atom. The third-order valence-corrected chi connectivity index (χ3v) is 6.01. The number of aryl methyl sites for hydroxylation is 1. The molecule has 0 saturated carbocycles. The molecule has 1 fully saturated rings. The Kier molecular flexibility index (Phi) is 5.30. The number of nitrogens with zero attached hydrogens (tertiary/aromatic N) is 3. The molecular formula is C17H20N4O4S. The largest absolute Gasteiger partial charge is 0.392 e. The summed E-state index contributed by atoms with van der Waals surface area (Å²) in [5.74, 6) is 0.523. The molecular weight excluding hydrogens is 356 g/mol. The molecule has 9 heteroatoms. The van der Waals surface area contributed by atoms with Crippen molar-refractivity contribution in [2.45, 2.75) is 30.8 Å². The fraction of sp³-hybridized carbons (Fsp3) is 0.353. The van der Waals surface area contributed by atoms with E-state index < -0.39 is 16.1 Å². The van der Waals surface area contributed by atoms with Crippen LogP contribution in [0, 0.1) is 6.92 Å². The lowest BCUT2D eigenvalue weighted by molar-refractivity contribution is 0.102. The van der Waals surface area contributed by atoms with E-state index in [1.165, 1.54) is 28.6 Å². The van der Waals surface area contributed by atoms with Crippen molar-refractivity contribution >= 4 is 21.7 Å². The summed E-state index contributed by atoms with van der Waals surface area (Å²) < 4.78 is 26.6. The summed E-state index contributed by atoms with van der Waals surface area (Å²) in [7, 11) is -3.68. The van der Waals surface area contributed by atoms with Crippen molar-refractivity contribution < 1.29 is 18.3 Å². The number of hydrogen-bond acceptors (Lipinski definition) is 6. The lowest BCUT2D eigenvalue weighted by atomic mass is 10.1. The summed E-state index contributed by atoms with van der Waals surface area (Å²) in [6, 6.07) is 7.28. The average Bonchev–Trinajstić information content (AvgIpc) is 2.62. The van der Waals surface area contributed by atoms with Crippen LogP contribution in [0.15, 0.2) is 41.4 Å². The maximum absolute atomic E-state index is 12.6. The lowest BCUT2D eigenvalue weighted by Crippen LogP contribution is -2.42. The molecule has 1 aromatic carbocycles.